The summed E-state index contributed by atoms with van der Waals surface area (Å²) in [6, 6.07) is 0.807. The van der Waals surface area contributed by atoms with Gasteiger partial charge in [-0.05, 0) is 38.1 Å². The van der Waals surface area contributed by atoms with Crippen molar-refractivity contribution in [2.24, 2.45) is 5.92 Å². The lowest BCUT2D eigenvalue weighted by Gasteiger charge is -2.20. The Bertz CT molecular complexity index is 196. The predicted octanol–water partition coefficient (Wildman–Crippen LogP) is 6.08. The Hall–Kier alpha value is -0.0400. The summed E-state index contributed by atoms with van der Waals surface area (Å²) in [7, 11) is 0. The lowest BCUT2D eigenvalue weighted by atomic mass is 9.95. The van der Waals surface area contributed by atoms with Crippen molar-refractivity contribution in [3.8, 4) is 0 Å². The van der Waals surface area contributed by atoms with E-state index in [0.717, 1.165) is 12.0 Å². The number of hydrogen-bond acceptors (Lipinski definition) is 1. The molecule has 1 aliphatic carbocycles. The van der Waals surface area contributed by atoms with Crippen molar-refractivity contribution in [3.05, 3.63) is 0 Å². The molecule has 1 heteroatoms. The smallest absolute Gasteiger partial charge is 0.00671 e. The van der Waals surface area contributed by atoms with Crippen molar-refractivity contribution in [2.75, 3.05) is 6.54 Å². The number of rotatable bonds is 13. The molecule has 1 rings (SSSR count). The summed E-state index contributed by atoms with van der Waals surface area (Å²) in [5.41, 5.74) is 0. The molecule has 1 unspecified atom stereocenters. The minimum Gasteiger partial charge on any atom is -0.314 e. The zero-order valence-corrected chi connectivity index (χ0v) is 14.3. The maximum atomic E-state index is 3.80. The largest absolute Gasteiger partial charge is 0.314 e. The second kappa shape index (κ2) is 12.7. The third-order valence-corrected chi connectivity index (χ3v) is 4.99. The van der Waals surface area contributed by atoms with Crippen molar-refractivity contribution in [2.45, 2.75) is 110 Å². The SMILES string of the molecule is CCCCCCCCC(CCC1CCCC1)NCCC. The van der Waals surface area contributed by atoms with Gasteiger partial charge in [0, 0.05) is 6.04 Å². The summed E-state index contributed by atoms with van der Waals surface area (Å²) < 4.78 is 0. The van der Waals surface area contributed by atoms with Crippen LogP contribution >= 0.6 is 0 Å². The monoisotopic (exact) mass is 281 g/mol. The second-order valence-corrected chi connectivity index (χ2v) is 6.94. The van der Waals surface area contributed by atoms with Gasteiger partial charge in [0.1, 0.15) is 0 Å². The van der Waals surface area contributed by atoms with Crippen LogP contribution in [0.1, 0.15) is 104 Å². The summed E-state index contributed by atoms with van der Waals surface area (Å²) in [6.07, 6.45) is 20.2. The molecular weight excluding hydrogens is 242 g/mol. The van der Waals surface area contributed by atoms with E-state index in [0.29, 0.717) is 0 Å². The van der Waals surface area contributed by atoms with Crippen LogP contribution < -0.4 is 5.32 Å². The van der Waals surface area contributed by atoms with E-state index in [4.69, 9.17) is 0 Å². The van der Waals surface area contributed by atoms with Gasteiger partial charge in [0.2, 0.25) is 0 Å². The molecule has 120 valence electrons. The van der Waals surface area contributed by atoms with Crippen molar-refractivity contribution in [3.63, 3.8) is 0 Å². The lowest BCUT2D eigenvalue weighted by molar-refractivity contribution is 0.379. The van der Waals surface area contributed by atoms with E-state index in [-0.39, 0.29) is 0 Å². The van der Waals surface area contributed by atoms with Gasteiger partial charge in [0.25, 0.3) is 0 Å². The highest BCUT2D eigenvalue weighted by atomic mass is 14.9. The number of nitrogens with one attached hydrogen (secondary N) is 1. The van der Waals surface area contributed by atoms with E-state index < -0.39 is 0 Å². The first-order valence-electron chi connectivity index (χ1n) is 9.60. The second-order valence-electron chi connectivity index (χ2n) is 6.94. The van der Waals surface area contributed by atoms with E-state index in [9.17, 15) is 0 Å². The molecule has 20 heavy (non-hydrogen) atoms. The van der Waals surface area contributed by atoms with Gasteiger partial charge in [0.15, 0.2) is 0 Å². The first-order chi connectivity index (χ1) is 9.86. The van der Waals surface area contributed by atoms with Crippen LogP contribution in [0.3, 0.4) is 0 Å². The molecule has 0 aromatic heterocycles. The molecule has 0 aromatic carbocycles. The molecular formula is C19H39N. The molecule has 0 aromatic rings. The first kappa shape index (κ1) is 18.0. The first-order valence-corrected chi connectivity index (χ1v) is 9.60. The third kappa shape index (κ3) is 9.00. The minimum absolute atomic E-state index is 0.807. The van der Waals surface area contributed by atoms with Crippen molar-refractivity contribution in [1.29, 1.82) is 0 Å². The van der Waals surface area contributed by atoms with Crippen molar-refractivity contribution in [1.82, 2.24) is 5.32 Å². The lowest BCUT2D eigenvalue weighted by Crippen LogP contribution is -2.30. The molecule has 1 saturated carbocycles. The Morgan fingerprint density at radius 1 is 0.850 bits per heavy atom. The Kier molecular flexibility index (Phi) is 11.4. The summed E-state index contributed by atoms with van der Waals surface area (Å²) >= 11 is 0. The highest BCUT2D eigenvalue weighted by molar-refractivity contribution is 4.73. The molecule has 0 spiro atoms. The van der Waals surface area contributed by atoms with E-state index >= 15 is 0 Å². The molecule has 1 aliphatic rings. The van der Waals surface area contributed by atoms with Gasteiger partial charge in [-0.15, -0.1) is 0 Å². The molecule has 1 fully saturated rings. The molecule has 1 nitrogen and oxygen atoms in total. The highest BCUT2D eigenvalue weighted by Crippen LogP contribution is 2.29. The Balaban J connectivity index is 2.07. The molecule has 1 N–H and O–H groups in total. The van der Waals surface area contributed by atoms with Crippen molar-refractivity contribution < 1.29 is 0 Å². The predicted molar refractivity (Wildman–Crippen MR) is 91.3 cm³/mol. The molecule has 0 bridgehead atoms. The normalized spacial score (nSPS) is 17.7. The number of unbranched alkanes of at least 4 members (excludes halogenated alkanes) is 5. The standard InChI is InChI=1S/C19H39N/c1-3-5-6-7-8-9-14-19(20-17-4-2)16-15-18-12-10-11-13-18/h18-20H,3-17H2,1-2H3. The summed E-state index contributed by atoms with van der Waals surface area (Å²) in [5, 5.41) is 3.80. The summed E-state index contributed by atoms with van der Waals surface area (Å²) in [5.74, 6) is 1.06. The van der Waals surface area contributed by atoms with Crippen LogP contribution in [0.5, 0.6) is 0 Å². The van der Waals surface area contributed by atoms with Crippen LogP contribution in [0.2, 0.25) is 0 Å². The van der Waals surface area contributed by atoms with Crippen LogP contribution in [0.4, 0.5) is 0 Å². The molecule has 0 amide bonds. The maximum absolute atomic E-state index is 3.80. The molecule has 1 atom stereocenters. The zero-order valence-electron chi connectivity index (χ0n) is 14.3. The molecule has 0 saturated heterocycles. The quantitative estimate of drug-likeness (QED) is 0.404. The molecule has 0 aliphatic heterocycles. The van der Waals surface area contributed by atoms with Crippen LogP contribution in [-0.2, 0) is 0 Å². The van der Waals surface area contributed by atoms with Gasteiger partial charge < -0.3 is 5.32 Å². The van der Waals surface area contributed by atoms with Gasteiger partial charge in [0.05, 0.1) is 0 Å². The van der Waals surface area contributed by atoms with Gasteiger partial charge in [-0.1, -0.05) is 78.1 Å². The molecule has 0 radical (unpaired) electrons. The van der Waals surface area contributed by atoms with Gasteiger partial charge in [-0.25, -0.2) is 0 Å². The molecule has 0 heterocycles. The minimum atomic E-state index is 0.807. The topological polar surface area (TPSA) is 12.0 Å². The highest BCUT2D eigenvalue weighted by Gasteiger charge is 2.17. The van der Waals surface area contributed by atoms with Crippen LogP contribution in [0.15, 0.2) is 0 Å². The fourth-order valence-corrected chi connectivity index (χ4v) is 3.60. The van der Waals surface area contributed by atoms with E-state index in [2.05, 4.69) is 19.2 Å². The Morgan fingerprint density at radius 3 is 2.25 bits per heavy atom. The fourth-order valence-electron chi connectivity index (χ4n) is 3.60. The van der Waals surface area contributed by atoms with Crippen LogP contribution in [0, 0.1) is 5.92 Å². The van der Waals surface area contributed by atoms with Gasteiger partial charge in [-0.2, -0.15) is 0 Å². The van der Waals surface area contributed by atoms with Gasteiger partial charge in [-0.3, -0.25) is 0 Å². The third-order valence-electron chi connectivity index (χ3n) is 4.99. The Labute approximate surface area is 128 Å². The average Bonchev–Trinajstić information content (AvgIpc) is 2.98. The summed E-state index contributed by atoms with van der Waals surface area (Å²) in [6.45, 7) is 5.80. The van der Waals surface area contributed by atoms with Crippen molar-refractivity contribution >= 4 is 0 Å². The Morgan fingerprint density at radius 2 is 1.55 bits per heavy atom. The van der Waals surface area contributed by atoms with Crippen LogP contribution in [0.25, 0.3) is 0 Å². The van der Waals surface area contributed by atoms with E-state index in [1.54, 1.807) is 0 Å². The average molecular weight is 282 g/mol. The summed E-state index contributed by atoms with van der Waals surface area (Å²) in [4.78, 5) is 0. The number of hydrogen-bond donors (Lipinski definition) is 1. The van der Waals surface area contributed by atoms with E-state index in [1.165, 1.54) is 96.4 Å². The van der Waals surface area contributed by atoms with Gasteiger partial charge >= 0.3 is 0 Å². The zero-order chi connectivity index (χ0) is 14.5. The van der Waals surface area contributed by atoms with E-state index in [1.807, 2.05) is 0 Å². The fraction of sp³-hybridized carbons (Fsp3) is 1.00. The van der Waals surface area contributed by atoms with Crippen LogP contribution in [-0.4, -0.2) is 12.6 Å². The maximum Gasteiger partial charge on any atom is 0.00671 e.